The van der Waals surface area contributed by atoms with Crippen molar-refractivity contribution < 1.29 is 19.4 Å². The smallest absolute Gasteiger partial charge is 0.328 e. The van der Waals surface area contributed by atoms with Gasteiger partial charge in [-0.3, -0.25) is 4.79 Å². The molecule has 0 fully saturated rings. The molecule has 1 atom stereocenters. The predicted octanol–water partition coefficient (Wildman–Crippen LogP) is 7.06. The third-order valence-corrected chi connectivity index (χ3v) is 7.04. The van der Waals surface area contributed by atoms with Gasteiger partial charge in [-0.25, -0.2) is 4.79 Å². The Kier molecular flexibility index (Phi) is 9.83. The van der Waals surface area contributed by atoms with Crippen LogP contribution in [0.2, 0.25) is 0 Å². The summed E-state index contributed by atoms with van der Waals surface area (Å²) in [6.45, 7) is 12.5. The van der Waals surface area contributed by atoms with Crippen LogP contribution >= 0.6 is 0 Å². The average Bonchev–Trinajstić information content (AvgIpc) is 2.82. The fourth-order valence-electron chi connectivity index (χ4n) is 4.64. The van der Waals surface area contributed by atoms with Gasteiger partial charge in [-0.2, -0.15) is 0 Å². The highest BCUT2D eigenvalue weighted by molar-refractivity contribution is 6.05. The molecule has 2 rings (SSSR count). The highest BCUT2D eigenvalue weighted by Gasteiger charge is 2.37. The molecule has 0 radical (unpaired) electrons. The van der Waals surface area contributed by atoms with Crippen molar-refractivity contribution in [2.24, 2.45) is 11.1 Å². The van der Waals surface area contributed by atoms with E-state index in [0.29, 0.717) is 11.3 Å². The van der Waals surface area contributed by atoms with Gasteiger partial charge < -0.3 is 15.6 Å². The Morgan fingerprint density at radius 1 is 1.19 bits per heavy atom. The number of rotatable bonds is 10. The van der Waals surface area contributed by atoms with E-state index in [1.807, 2.05) is 25.2 Å². The quantitative estimate of drug-likeness (QED) is 0.208. The van der Waals surface area contributed by atoms with Crippen molar-refractivity contribution in [3.63, 3.8) is 0 Å². The fourth-order valence-corrected chi connectivity index (χ4v) is 4.64. The van der Waals surface area contributed by atoms with Crippen molar-refractivity contribution in [3.05, 3.63) is 88.1 Å². The zero-order chi connectivity index (χ0) is 27.1. The Bertz CT molecular complexity index is 1150. The van der Waals surface area contributed by atoms with Crippen molar-refractivity contribution in [2.45, 2.75) is 72.8 Å². The molecular weight excluding hydrogens is 450 g/mol. The van der Waals surface area contributed by atoms with Crippen LogP contribution in [0.25, 0.3) is 0 Å². The summed E-state index contributed by atoms with van der Waals surface area (Å²) in [6.07, 6.45) is 15.5. The first-order valence-electron chi connectivity index (χ1n) is 12.5. The molecule has 3 N–H and O–H groups in total. The number of ether oxygens (including phenoxy) is 1. The topological polar surface area (TPSA) is 89.6 Å². The highest BCUT2D eigenvalue weighted by Crippen LogP contribution is 2.40. The first-order chi connectivity index (χ1) is 16.9. The van der Waals surface area contributed by atoms with E-state index in [-0.39, 0.29) is 23.2 Å². The number of nitrogens with two attached hydrogens (primary N) is 1. The molecule has 1 aliphatic rings. The number of benzene rings is 1. The van der Waals surface area contributed by atoms with Crippen LogP contribution < -0.4 is 10.5 Å². The summed E-state index contributed by atoms with van der Waals surface area (Å²) < 4.78 is 5.31. The maximum absolute atomic E-state index is 12.9. The second kappa shape index (κ2) is 12.2. The summed E-state index contributed by atoms with van der Waals surface area (Å²) in [4.78, 5) is 24.7. The maximum Gasteiger partial charge on any atom is 0.328 e. The lowest BCUT2D eigenvalue weighted by atomic mass is 9.72. The minimum absolute atomic E-state index is 0.155. The van der Waals surface area contributed by atoms with Gasteiger partial charge in [0, 0.05) is 11.1 Å². The molecule has 0 bridgehead atoms. The number of ketones is 1. The number of hydrogen-bond donors (Lipinski definition) is 2. The van der Waals surface area contributed by atoms with Crippen LogP contribution in [0.15, 0.2) is 76.9 Å². The summed E-state index contributed by atoms with van der Waals surface area (Å²) in [5.41, 5.74) is 10.2. The molecule has 1 unspecified atom stereocenters. The lowest BCUT2D eigenvalue weighted by molar-refractivity contribution is -0.144. The van der Waals surface area contributed by atoms with Gasteiger partial charge in [0.25, 0.3) is 0 Å². The molecule has 0 aliphatic heterocycles. The third kappa shape index (κ3) is 6.94. The first kappa shape index (κ1) is 29.1. The van der Waals surface area contributed by atoms with Crippen LogP contribution in [0.5, 0.6) is 5.75 Å². The third-order valence-electron chi connectivity index (χ3n) is 7.04. The van der Waals surface area contributed by atoms with E-state index >= 15 is 0 Å². The number of carboxylic acids is 1. The first-order valence-corrected chi connectivity index (χ1v) is 12.5. The Labute approximate surface area is 216 Å². The summed E-state index contributed by atoms with van der Waals surface area (Å²) in [5.74, 6) is -1.06. The van der Waals surface area contributed by atoms with Gasteiger partial charge in [-0.1, -0.05) is 62.3 Å². The average molecular weight is 492 g/mol. The molecule has 5 heteroatoms. The molecule has 0 saturated heterocycles. The van der Waals surface area contributed by atoms with Gasteiger partial charge in [-0.15, -0.1) is 0 Å². The minimum atomic E-state index is -1.64. The van der Waals surface area contributed by atoms with Crippen LogP contribution in [0.3, 0.4) is 0 Å². The van der Waals surface area contributed by atoms with Gasteiger partial charge in [0.2, 0.25) is 0 Å². The van der Waals surface area contributed by atoms with Gasteiger partial charge in [0.05, 0.1) is 7.11 Å². The van der Waals surface area contributed by atoms with Gasteiger partial charge in [0.1, 0.15) is 11.3 Å². The standard InChI is InChI=1S/C31H41NO4/c1-8-31(32,29(34)35)26-20-24(15-17-28(26)36-7)27(33)19-22(3)12-9-11-21(2)14-16-25-23(4)13-10-18-30(25,5)6/h9,11-12,14-17,19-20H,8,10,13,18,32H2,1-7H3,(H,34,35). The van der Waals surface area contributed by atoms with Crippen molar-refractivity contribution >= 4 is 11.8 Å². The highest BCUT2D eigenvalue weighted by atomic mass is 16.5. The molecular formula is C31H41NO4. The van der Waals surface area contributed by atoms with E-state index in [1.165, 1.54) is 49.7 Å². The molecule has 36 heavy (non-hydrogen) atoms. The van der Waals surface area contributed by atoms with Gasteiger partial charge in [0.15, 0.2) is 5.78 Å². The number of methoxy groups -OCH3 is 1. The van der Waals surface area contributed by atoms with Crippen LogP contribution in [0, 0.1) is 5.41 Å². The van der Waals surface area contributed by atoms with Crippen LogP contribution in [0.1, 0.15) is 83.1 Å². The minimum Gasteiger partial charge on any atom is -0.496 e. The van der Waals surface area contributed by atoms with E-state index in [0.717, 1.165) is 11.1 Å². The molecule has 0 saturated carbocycles. The molecule has 0 aromatic heterocycles. The molecule has 1 aromatic rings. The largest absolute Gasteiger partial charge is 0.496 e. The second-order valence-corrected chi connectivity index (χ2v) is 10.3. The Hall–Kier alpha value is -3.18. The van der Waals surface area contributed by atoms with E-state index in [9.17, 15) is 14.7 Å². The molecule has 0 spiro atoms. The van der Waals surface area contributed by atoms with E-state index in [1.54, 1.807) is 19.1 Å². The van der Waals surface area contributed by atoms with E-state index < -0.39 is 11.5 Å². The molecule has 0 heterocycles. The van der Waals surface area contributed by atoms with Crippen LogP contribution in [-0.4, -0.2) is 24.0 Å². The van der Waals surface area contributed by atoms with Crippen molar-refractivity contribution in [3.8, 4) is 5.75 Å². The number of aliphatic carboxylic acids is 1. The normalized spacial score (nSPS) is 18.6. The van der Waals surface area contributed by atoms with Crippen molar-refractivity contribution in [2.75, 3.05) is 7.11 Å². The summed E-state index contributed by atoms with van der Waals surface area (Å²) in [6, 6.07) is 4.73. The number of carbonyl (C=O) groups excluding carboxylic acids is 1. The fraction of sp³-hybridized carbons (Fsp3) is 0.419. The van der Waals surface area contributed by atoms with E-state index in [2.05, 4.69) is 39.8 Å². The second-order valence-electron chi connectivity index (χ2n) is 10.3. The van der Waals surface area contributed by atoms with Crippen molar-refractivity contribution in [1.82, 2.24) is 0 Å². The van der Waals surface area contributed by atoms with Gasteiger partial charge in [-0.05, 0) is 87.3 Å². The summed E-state index contributed by atoms with van der Waals surface area (Å²) in [7, 11) is 1.45. The van der Waals surface area contributed by atoms with Crippen molar-refractivity contribution in [1.29, 1.82) is 0 Å². The Morgan fingerprint density at radius 3 is 2.47 bits per heavy atom. The monoisotopic (exact) mass is 491 g/mol. The predicted molar refractivity (Wildman–Crippen MR) is 147 cm³/mol. The molecule has 1 aliphatic carbocycles. The number of allylic oxidation sites excluding steroid dienone is 10. The van der Waals surface area contributed by atoms with Gasteiger partial charge >= 0.3 is 5.97 Å². The Balaban J connectivity index is 2.20. The summed E-state index contributed by atoms with van der Waals surface area (Å²) >= 11 is 0. The SMILES string of the molecule is CCC(N)(C(=O)O)c1cc(C(=O)C=C(C)C=CC=C(C)C=CC2=C(C)CCCC2(C)C)ccc1OC. The number of carbonyl (C=O) groups is 2. The number of hydrogen-bond acceptors (Lipinski definition) is 4. The lowest BCUT2D eigenvalue weighted by Gasteiger charge is -2.32. The lowest BCUT2D eigenvalue weighted by Crippen LogP contribution is -2.44. The Morgan fingerprint density at radius 2 is 1.89 bits per heavy atom. The number of carboxylic acid groups (broad SMARTS) is 1. The maximum atomic E-state index is 12.9. The molecule has 1 aromatic carbocycles. The zero-order valence-corrected chi connectivity index (χ0v) is 22.8. The molecule has 5 nitrogen and oxygen atoms in total. The van der Waals surface area contributed by atoms with E-state index in [4.69, 9.17) is 10.5 Å². The zero-order valence-electron chi connectivity index (χ0n) is 22.8. The molecule has 0 amide bonds. The van der Waals surface area contributed by atoms with Crippen LogP contribution in [-0.2, 0) is 10.3 Å². The molecule has 194 valence electrons. The summed E-state index contributed by atoms with van der Waals surface area (Å²) in [5, 5.41) is 9.67. The van der Waals surface area contributed by atoms with Crippen LogP contribution in [0.4, 0.5) is 0 Å².